The zero-order chi connectivity index (χ0) is 26.0. The van der Waals surface area contributed by atoms with E-state index < -0.39 is 17.7 Å². The quantitative estimate of drug-likeness (QED) is 0.253. The number of carbonyl (C=O) groups excluding carboxylic acids is 2. The minimum atomic E-state index is -0.833. The number of carbonyl (C=O) groups is 2. The molecule has 0 radical (unpaired) electrons. The molecule has 1 unspecified atom stereocenters. The fourth-order valence-corrected chi connectivity index (χ4v) is 4.34. The summed E-state index contributed by atoms with van der Waals surface area (Å²) in [6, 6.07) is 19.1. The minimum Gasteiger partial charge on any atom is -0.507 e. The van der Waals surface area contributed by atoms with Crippen LogP contribution in [0.25, 0.3) is 5.76 Å². The van der Waals surface area contributed by atoms with E-state index in [1.165, 1.54) is 4.90 Å². The second-order valence-electron chi connectivity index (χ2n) is 9.47. The van der Waals surface area contributed by atoms with Gasteiger partial charge in [0.25, 0.3) is 11.7 Å². The van der Waals surface area contributed by atoms with Crippen molar-refractivity contribution in [2.24, 2.45) is 5.92 Å². The van der Waals surface area contributed by atoms with Crippen LogP contribution in [0.2, 0.25) is 0 Å². The summed E-state index contributed by atoms with van der Waals surface area (Å²) in [4.78, 5) is 28.4. The van der Waals surface area contributed by atoms with Crippen LogP contribution in [-0.4, -0.2) is 30.5 Å². The summed E-state index contributed by atoms with van der Waals surface area (Å²) in [5.74, 6) is -0.181. The van der Waals surface area contributed by atoms with E-state index >= 15 is 0 Å². The lowest BCUT2D eigenvalue weighted by molar-refractivity contribution is -0.132. The summed E-state index contributed by atoms with van der Waals surface area (Å²) >= 11 is 0. The summed E-state index contributed by atoms with van der Waals surface area (Å²) in [7, 11) is 1.56. The summed E-state index contributed by atoms with van der Waals surface area (Å²) in [5, 5.41) is 11.5. The van der Waals surface area contributed by atoms with Crippen molar-refractivity contribution in [3.63, 3.8) is 0 Å². The molecule has 6 nitrogen and oxygen atoms in total. The zero-order valence-corrected chi connectivity index (χ0v) is 21.2. The fourth-order valence-electron chi connectivity index (χ4n) is 4.34. The van der Waals surface area contributed by atoms with Gasteiger partial charge in [-0.15, -0.1) is 0 Å². The lowest BCUT2D eigenvalue weighted by Gasteiger charge is -2.27. The van der Waals surface area contributed by atoms with Crippen molar-refractivity contribution in [2.45, 2.75) is 33.7 Å². The number of nitrogens with zero attached hydrogens (tertiary/aromatic N) is 1. The van der Waals surface area contributed by atoms with E-state index in [2.05, 4.69) is 0 Å². The maximum absolute atomic E-state index is 13.5. The average molecular weight is 486 g/mol. The molecule has 0 bridgehead atoms. The highest BCUT2D eigenvalue weighted by Crippen LogP contribution is 2.44. The Morgan fingerprint density at radius 3 is 2.42 bits per heavy atom. The number of ketones is 1. The average Bonchev–Trinajstić information content (AvgIpc) is 3.14. The number of anilines is 1. The van der Waals surface area contributed by atoms with Crippen molar-refractivity contribution < 1.29 is 24.2 Å². The van der Waals surface area contributed by atoms with E-state index in [1.807, 2.05) is 52.0 Å². The first-order valence-corrected chi connectivity index (χ1v) is 12.0. The van der Waals surface area contributed by atoms with Crippen LogP contribution < -0.4 is 14.4 Å². The van der Waals surface area contributed by atoms with E-state index in [9.17, 15) is 14.7 Å². The van der Waals surface area contributed by atoms with Crippen molar-refractivity contribution in [1.82, 2.24) is 0 Å². The molecule has 0 spiro atoms. The van der Waals surface area contributed by atoms with Crippen LogP contribution in [0.4, 0.5) is 5.69 Å². The third-order valence-corrected chi connectivity index (χ3v) is 6.17. The van der Waals surface area contributed by atoms with Gasteiger partial charge in [-0.2, -0.15) is 0 Å². The molecule has 1 saturated heterocycles. The van der Waals surface area contributed by atoms with Gasteiger partial charge in [-0.25, -0.2) is 0 Å². The third kappa shape index (κ3) is 4.85. The van der Waals surface area contributed by atoms with Crippen LogP contribution in [-0.2, 0) is 9.59 Å². The number of methoxy groups -OCH3 is 1. The molecule has 1 aliphatic rings. The van der Waals surface area contributed by atoms with Gasteiger partial charge in [-0.3, -0.25) is 14.5 Å². The first-order chi connectivity index (χ1) is 17.2. The van der Waals surface area contributed by atoms with Gasteiger partial charge in [0.05, 0.1) is 25.3 Å². The molecule has 0 aliphatic carbocycles. The standard InChI is InChI=1S/C30H31NO5/c1-18(2)17-36-24-11-7-9-22(16-24)28(32)26-27(21-8-6-10-23(15-21)35-5)31(30(34)29(26)33)25-14-19(3)12-13-20(25)4/h6-16,18,27,32H,17H2,1-5H3/b28-26+. The second kappa shape index (κ2) is 10.3. The van der Waals surface area contributed by atoms with E-state index in [0.29, 0.717) is 40.8 Å². The number of benzene rings is 3. The lowest BCUT2D eigenvalue weighted by Crippen LogP contribution is -2.30. The molecular weight excluding hydrogens is 454 g/mol. The third-order valence-electron chi connectivity index (χ3n) is 6.17. The molecule has 3 aromatic rings. The molecule has 186 valence electrons. The van der Waals surface area contributed by atoms with Crippen molar-refractivity contribution in [3.05, 3.63) is 94.6 Å². The number of Topliss-reactive ketones (excluding diaryl/α,β-unsaturated/α-hetero) is 1. The fraction of sp³-hybridized carbons (Fsp3) is 0.267. The highest BCUT2D eigenvalue weighted by molar-refractivity contribution is 6.51. The molecule has 0 aromatic heterocycles. The molecular formula is C30H31NO5. The monoisotopic (exact) mass is 485 g/mol. The molecule has 6 heteroatoms. The Hall–Kier alpha value is -4.06. The number of ether oxygens (including phenoxy) is 2. The number of hydrogen-bond donors (Lipinski definition) is 1. The van der Waals surface area contributed by atoms with E-state index in [4.69, 9.17) is 9.47 Å². The number of aliphatic hydroxyl groups is 1. The Morgan fingerprint density at radius 1 is 0.972 bits per heavy atom. The number of aliphatic hydroxyl groups excluding tert-OH is 1. The van der Waals surface area contributed by atoms with Crippen LogP contribution >= 0.6 is 0 Å². The molecule has 1 amide bonds. The van der Waals surface area contributed by atoms with Crippen LogP contribution in [0, 0.1) is 19.8 Å². The molecule has 36 heavy (non-hydrogen) atoms. The Kier molecular flexibility index (Phi) is 7.15. The maximum Gasteiger partial charge on any atom is 0.300 e. The van der Waals surface area contributed by atoms with E-state index in [0.717, 1.165) is 11.1 Å². The first-order valence-electron chi connectivity index (χ1n) is 12.0. The van der Waals surface area contributed by atoms with E-state index in [1.54, 1.807) is 49.6 Å². The zero-order valence-electron chi connectivity index (χ0n) is 21.2. The van der Waals surface area contributed by atoms with Gasteiger partial charge < -0.3 is 14.6 Å². The second-order valence-corrected chi connectivity index (χ2v) is 9.47. The van der Waals surface area contributed by atoms with Crippen LogP contribution in [0.1, 0.15) is 42.1 Å². The number of hydrogen-bond acceptors (Lipinski definition) is 5. The molecule has 1 aliphatic heterocycles. The Morgan fingerprint density at radius 2 is 1.69 bits per heavy atom. The molecule has 1 heterocycles. The number of amides is 1. The predicted molar refractivity (Wildman–Crippen MR) is 140 cm³/mol. The van der Waals surface area contributed by atoms with Crippen LogP contribution in [0.15, 0.2) is 72.3 Å². The highest BCUT2D eigenvalue weighted by Gasteiger charge is 2.47. The van der Waals surface area contributed by atoms with Crippen molar-refractivity contribution in [3.8, 4) is 11.5 Å². The first kappa shape index (κ1) is 25.0. The summed E-state index contributed by atoms with van der Waals surface area (Å²) in [5.41, 5.74) is 3.51. The Balaban J connectivity index is 1.91. The smallest absolute Gasteiger partial charge is 0.300 e. The topological polar surface area (TPSA) is 76.1 Å². The lowest BCUT2D eigenvalue weighted by atomic mass is 9.94. The normalized spacial score (nSPS) is 17.1. The van der Waals surface area contributed by atoms with Gasteiger partial charge in [-0.1, -0.05) is 50.2 Å². The van der Waals surface area contributed by atoms with Crippen molar-refractivity contribution in [1.29, 1.82) is 0 Å². The Bertz CT molecular complexity index is 1340. The van der Waals surface area contributed by atoms with Gasteiger partial charge in [-0.05, 0) is 66.8 Å². The Labute approximate surface area is 211 Å². The molecule has 0 saturated carbocycles. The summed E-state index contributed by atoms with van der Waals surface area (Å²) < 4.78 is 11.2. The van der Waals surface area contributed by atoms with E-state index in [-0.39, 0.29) is 11.3 Å². The maximum atomic E-state index is 13.5. The molecule has 4 rings (SSSR count). The number of aryl methyl sites for hydroxylation is 2. The van der Waals surface area contributed by atoms with Gasteiger partial charge >= 0.3 is 0 Å². The minimum absolute atomic E-state index is 0.0233. The summed E-state index contributed by atoms with van der Waals surface area (Å²) in [6.07, 6.45) is 0. The van der Waals surface area contributed by atoms with Gasteiger partial charge in [0.1, 0.15) is 17.3 Å². The SMILES string of the molecule is COc1cccc(C2/C(=C(\O)c3cccc(OCC(C)C)c3)C(=O)C(=O)N2c2cc(C)ccc2C)c1. The predicted octanol–water partition coefficient (Wildman–Crippen LogP) is 5.97. The molecule has 1 atom stereocenters. The summed E-state index contributed by atoms with van der Waals surface area (Å²) in [6.45, 7) is 8.44. The van der Waals surface area contributed by atoms with Crippen molar-refractivity contribution >= 4 is 23.1 Å². The van der Waals surface area contributed by atoms with Crippen LogP contribution in [0.3, 0.4) is 0 Å². The molecule has 3 aromatic carbocycles. The van der Waals surface area contributed by atoms with Crippen LogP contribution in [0.5, 0.6) is 11.5 Å². The highest BCUT2D eigenvalue weighted by atomic mass is 16.5. The van der Waals surface area contributed by atoms with Gasteiger partial charge in [0.15, 0.2) is 0 Å². The number of rotatable bonds is 7. The molecule has 1 fully saturated rings. The van der Waals surface area contributed by atoms with Gasteiger partial charge in [0.2, 0.25) is 0 Å². The largest absolute Gasteiger partial charge is 0.507 e. The van der Waals surface area contributed by atoms with Crippen molar-refractivity contribution in [2.75, 3.05) is 18.6 Å². The van der Waals surface area contributed by atoms with Gasteiger partial charge in [0, 0.05) is 11.3 Å². The molecule has 1 N–H and O–H groups in total.